The van der Waals surface area contributed by atoms with Crippen LogP contribution in [0.2, 0.25) is 0 Å². The van der Waals surface area contributed by atoms with Gasteiger partial charge < -0.3 is 10.2 Å². The van der Waals surface area contributed by atoms with Gasteiger partial charge in [-0.2, -0.15) is 4.98 Å². The van der Waals surface area contributed by atoms with E-state index in [9.17, 15) is 9.18 Å². The van der Waals surface area contributed by atoms with Gasteiger partial charge in [0.2, 0.25) is 5.95 Å². The molecule has 126 valence electrons. The number of nitrogens with one attached hydrogen (secondary N) is 1. The summed E-state index contributed by atoms with van der Waals surface area (Å²) in [5, 5.41) is 3.14. The second kappa shape index (κ2) is 7.38. The molecule has 1 fully saturated rings. The molecule has 6 heteroatoms. The molecule has 0 saturated carbocycles. The Kier molecular flexibility index (Phi) is 5.03. The molecule has 1 aromatic carbocycles. The van der Waals surface area contributed by atoms with Crippen molar-refractivity contribution in [1.82, 2.24) is 9.97 Å². The topological polar surface area (TPSA) is 58.1 Å². The number of halogens is 1. The number of hydrogen-bond acceptors (Lipinski definition) is 5. The molecule has 0 spiro atoms. The highest BCUT2D eigenvalue weighted by molar-refractivity contribution is 5.80. The van der Waals surface area contributed by atoms with Crippen LogP contribution in [-0.4, -0.2) is 28.8 Å². The van der Waals surface area contributed by atoms with Crippen molar-refractivity contribution < 1.29 is 9.18 Å². The molecular weight excluding hydrogens is 307 g/mol. The minimum absolute atomic E-state index is 0.278. The monoisotopic (exact) mass is 328 g/mol. The highest BCUT2D eigenvalue weighted by Gasteiger charge is 2.18. The first-order valence-electron chi connectivity index (χ1n) is 8.31. The van der Waals surface area contributed by atoms with Crippen molar-refractivity contribution in [2.75, 3.05) is 23.3 Å². The van der Waals surface area contributed by atoms with Crippen molar-refractivity contribution in [2.24, 2.45) is 0 Å². The third kappa shape index (κ3) is 4.07. The summed E-state index contributed by atoms with van der Waals surface area (Å²) in [6, 6.07) is 8.11. The van der Waals surface area contributed by atoms with Crippen LogP contribution in [0.4, 0.5) is 21.8 Å². The summed E-state index contributed by atoms with van der Waals surface area (Å²) < 4.78 is 13.0. The van der Waals surface area contributed by atoms with Gasteiger partial charge in [0.15, 0.2) is 0 Å². The average molecular weight is 328 g/mol. The number of nitrogens with zero attached hydrogens (tertiary/aromatic N) is 3. The number of Topliss-reactive ketones (excluding diaryl/α,β-unsaturated/α-hetero) is 1. The van der Waals surface area contributed by atoms with Crippen LogP contribution in [0.3, 0.4) is 0 Å². The quantitative estimate of drug-likeness (QED) is 0.910. The van der Waals surface area contributed by atoms with E-state index in [0.29, 0.717) is 37.7 Å². The van der Waals surface area contributed by atoms with Crippen LogP contribution >= 0.6 is 0 Å². The van der Waals surface area contributed by atoms with Crippen LogP contribution in [0, 0.1) is 5.82 Å². The molecule has 3 rings (SSSR count). The summed E-state index contributed by atoms with van der Waals surface area (Å²) in [6.45, 7) is 3.49. The van der Waals surface area contributed by atoms with Crippen molar-refractivity contribution >= 4 is 23.2 Å². The third-order valence-corrected chi connectivity index (χ3v) is 4.02. The standard InChI is InChI=1S/C18H21FN4O/c1-2-3-15-12-17(23-10-8-16(24)9-11-23)22-18(21-15)20-14-6-4-13(19)5-7-14/h4-7,12H,2-3,8-11H2,1H3,(H,20,21,22). The van der Waals surface area contributed by atoms with E-state index in [0.717, 1.165) is 30.0 Å². The fraction of sp³-hybridized carbons (Fsp3) is 0.389. The Morgan fingerprint density at radius 1 is 1.17 bits per heavy atom. The number of ketones is 1. The molecule has 0 amide bonds. The Labute approximate surface area is 140 Å². The fourth-order valence-electron chi connectivity index (χ4n) is 2.73. The first kappa shape index (κ1) is 16.4. The van der Waals surface area contributed by atoms with Gasteiger partial charge in [0.05, 0.1) is 0 Å². The van der Waals surface area contributed by atoms with Crippen LogP contribution in [0.1, 0.15) is 31.9 Å². The zero-order valence-electron chi connectivity index (χ0n) is 13.8. The molecular formula is C18H21FN4O. The second-order valence-corrected chi connectivity index (χ2v) is 5.95. The number of anilines is 3. The predicted octanol–water partition coefficient (Wildman–Crippen LogP) is 3.48. The summed E-state index contributed by atoms with van der Waals surface area (Å²) in [7, 11) is 0. The lowest BCUT2D eigenvalue weighted by Crippen LogP contribution is -2.34. The van der Waals surface area contributed by atoms with Crippen LogP contribution in [0.5, 0.6) is 0 Å². The number of carbonyl (C=O) groups is 1. The molecule has 0 bridgehead atoms. The minimum atomic E-state index is -0.278. The van der Waals surface area contributed by atoms with Crippen molar-refractivity contribution in [3.8, 4) is 0 Å². The van der Waals surface area contributed by atoms with Crippen LogP contribution in [0.25, 0.3) is 0 Å². The van der Waals surface area contributed by atoms with E-state index in [1.54, 1.807) is 12.1 Å². The van der Waals surface area contributed by atoms with E-state index in [-0.39, 0.29) is 5.82 Å². The molecule has 1 aliphatic rings. The average Bonchev–Trinajstić information content (AvgIpc) is 2.58. The molecule has 1 aliphatic heterocycles. The minimum Gasteiger partial charge on any atom is -0.356 e. The zero-order chi connectivity index (χ0) is 16.9. The Morgan fingerprint density at radius 2 is 1.88 bits per heavy atom. The Bertz CT molecular complexity index is 707. The molecule has 0 aliphatic carbocycles. The van der Waals surface area contributed by atoms with Crippen molar-refractivity contribution in [3.05, 3.63) is 41.8 Å². The lowest BCUT2D eigenvalue weighted by atomic mass is 10.1. The van der Waals surface area contributed by atoms with E-state index in [1.807, 2.05) is 6.07 Å². The summed E-state index contributed by atoms with van der Waals surface area (Å²) in [4.78, 5) is 22.7. The van der Waals surface area contributed by atoms with E-state index in [1.165, 1.54) is 12.1 Å². The summed E-state index contributed by atoms with van der Waals surface area (Å²) in [5.74, 6) is 1.36. The number of benzene rings is 1. The summed E-state index contributed by atoms with van der Waals surface area (Å²) in [5.41, 5.74) is 1.70. The molecule has 1 aromatic heterocycles. The van der Waals surface area contributed by atoms with Gasteiger partial charge in [0, 0.05) is 43.4 Å². The molecule has 2 heterocycles. The zero-order valence-corrected chi connectivity index (χ0v) is 13.8. The molecule has 5 nitrogen and oxygen atoms in total. The van der Waals surface area contributed by atoms with Crippen molar-refractivity contribution in [2.45, 2.75) is 32.6 Å². The van der Waals surface area contributed by atoms with Gasteiger partial charge in [-0.15, -0.1) is 0 Å². The van der Waals surface area contributed by atoms with Crippen LogP contribution in [-0.2, 0) is 11.2 Å². The Balaban J connectivity index is 1.84. The number of aromatic nitrogens is 2. The predicted molar refractivity (Wildman–Crippen MR) is 92.2 cm³/mol. The lowest BCUT2D eigenvalue weighted by molar-refractivity contribution is -0.119. The summed E-state index contributed by atoms with van der Waals surface area (Å²) in [6.07, 6.45) is 2.98. The number of piperidine rings is 1. The Hall–Kier alpha value is -2.50. The highest BCUT2D eigenvalue weighted by Crippen LogP contribution is 2.21. The molecule has 1 N–H and O–H groups in total. The molecule has 0 atom stereocenters. The lowest BCUT2D eigenvalue weighted by Gasteiger charge is -2.27. The summed E-state index contributed by atoms with van der Waals surface area (Å²) >= 11 is 0. The maximum atomic E-state index is 13.0. The number of carbonyl (C=O) groups excluding carboxylic acids is 1. The largest absolute Gasteiger partial charge is 0.356 e. The highest BCUT2D eigenvalue weighted by atomic mass is 19.1. The molecule has 1 saturated heterocycles. The number of aryl methyl sites for hydroxylation is 1. The van der Waals surface area contributed by atoms with Gasteiger partial charge in [0.25, 0.3) is 0 Å². The molecule has 0 radical (unpaired) electrons. The third-order valence-electron chi connectivity index (χ3n) is 4.02. The van der Waals surface area contributed by atoms with Gasteiger partial charge in [-0.3, -0.25) is 4.79 Å². The van der Waals surface area contributed by atoms with E-state index in [2.05, 4.69) is 27.1 Å². The maximum absolute atomic E-state index is 13.0. The van der Waals surface area contributed by atoms with Crippen LogP contribution < -0.4 is 10.2 Å². The van der Waals surface area contributed by atoms with Gasteiger partial charge in [0.1, 0.15) is 17.4 Å². The van der Waals surface area contributed by atoms with Gasteiger partial charge in [-0.05, 0) is 30.7 Å². The van der Waals surface area contributed by atoms with Gasteiger partial charge in [-0.25, -0.2) is 9.37 Å². The van der Waals surface area contributed by atoms with E-state index < -0.39 is 0 Å². The first-order valence-corrected chi connectivity index (χ1v) is 8.31. The first-order chi connectivity index (χ1) is 11.6. The normalized spacial score (nSPS) is 14.8. The smallest absolute Gasteiger partial charge is 0.229 e. The fourth-order valence-corrected chi connectivity index (χ4v) is 2.73. The molecule has 24 heavy (non-hydrogen) atoms. The Morgan fingerprint density at radius 3 is 2.54 bits per heavy atom. The van der Waals surface area contributed by atoms with Crippen molar-refractivity contribution in [1.29, 1.82) is 0 Å². The maximum Gasteiger partial charge on any atom is 0.229 e. The molecule has 2 aromatic rings. The SMILES string of the molecule is CCCc1cc(N2CCC(=O)CC2)nc(Nc2ccc(F)cc2)n1. The van der Waals surface area contributed by atoms with Crippen LogP contribution in [0.15, 0.2) is 30.3 Å². The molecule has 0 unspecified atom stereocenters. The van der Waals surface area contributed by atoms with Gasteiger partial charge in [-0.1, -0.05) is 13.3 Å². The second-order valence-electron chi connectivity index (χ2n) is 5.95. The van der Waals surface area contributed by atoms with E-state index in [4.69, 9.17) is 0 Å². The number of rotatable bonds is 5. The van der Waals surface area contributed by atoms with E-state index >= 15 is 0 Å². The van der Waals surface area contributed by atoms with Crippen molar-refractivity contribution in [3.63, 3.8) is 0 Å². The van der Waals surface area contributed by atoms with Gasteiger partial charge >= 0.3 is 0 Å². The number of hydrogen-bond donors (Lipinski definition) is 1.